The van der Waals surface area contributed by atoms with E-state index >= 15 is 0 Å². The molecule has 0 aromatic rings. The molecule has 0 fully saturated rings. The van der Waals surface area contributed by atoms with E-state index in [2.05, 4.69) is 16.4 Å². The lowest BCUT2D eigenvalue weighted by molar-refractivity contribution is -0.127. The van der Waals surface area contributed by atoms with Crippen LogP contribution in [-0.4, -0.2) is 24.0 Å². The van der Waals surface area contributed by atoms with Gasteiger partial charge in [0.05, 0.1) is 6.54 Å². The molecular weight excluding hydrogens is 154 g/mol. The van der Waals surface area contributed by atoms with Crippen molar-refractivity contribution in [2.24, 2.45) is 10.3 Å². The molecule has 4 nitrogen and oxygen atoms in total. The van der Waals surface area contributed by atoms with E-state index in [4.69, 9.17) is 0 Å². The summed E-state index contributed by atoms with van der Waals surface area (Å²) in [6.45, 7) is 0.885. The highest BCUT2D eigenvalue weighted by Gasteiger charge is 2.19. The Balaban J connectivity index is 1.93. The molecule has 2 aliphatic rings. The second-order valence-corrected chi connectivity index (χ2v) is 3.09. The molecule has 1 heterocycles. The van der Waals surface area contributed by atoms with Crippen molar-refractivity contribution in [1.82, 2.24) is 5.01 Å². The molecule has 0 aromatic heterocycles. The Morgan fingerprint density at radius 3 is 3.08 bits per heavy atom. The van der Waals surface area contributed by atoms with Crippen LogP contribution in [0.3, 0.4) is 0 Å². The van der Waals surface area contributed by atoms with E-state index in [-0.39, 0.29) is 12.5 Å². The molecular formula is C8H11N3O. The zero-order valence-electron chi connectivity index (χ0n) is 6.86. The Morgan fingerprint density at radius 1 is 1.58 bits per heavy atom. The average molecular weight is 165 g/mol. The van der Waals surface area contributed by atoms with Crippen molar-refractivity contribution < 1.29 is 4.79 Å². The fourth-order valence-corrected chi connectivity index (χ4v) is 1.49. The van der Waals surface area contributed by atoms with Gasteiger partial charge in [-0.05, 0) is 19.3 Å². The summed E-state index contributed by atoms with van der Waals surface area (Å²) in [5.74, 6) is 0.0165. The zero-order chi connectivity index (χ0) is 8.39. The quantitative estimate of drug-likeness (QED) is 0.569. The summed E-state index contributed by atoms with van der Waals surface area (Å²) in [7, 11) is 0. The highest BCUT2D eigenvalue weighted by Crippen LogP contribution is 2.19. The summed E-state index contributed by atoms with van der Waals surface area (Å²) >= 11 is 0. The average Bonchev–Trinajstić information content (AvgIpc) is 2.65. The minimum atomic E-state index is 0.0165. The first kappa shape index (κ1) is 7.46. The predicted molar refractivity (Wildman–Crippen MR) is 43.4 cm³/mol. The molecule has 2 rings (SSSR count). The van der Waals surface area contributed by atoms with Gasteiger partial charge in [0, 0.05) is 0 Å². The molecule has 0 saturated heterocycles. The lowest BCUT2D eigenvalue weighted by Gasteiger charge is -2.09. The Morgan fingerprint density at radius 2 is 2.50 bits per heavy atom. The number of amides is 1. The van der Waals surface area contributed by atoms with Crippen molar-refractivity contribution in [1.29, 1.82) is 0 Å². The molecule has 1 aliphatic heterocycles. The minimum absolute atomic E-state index is 0.0165. The second-order valence-electron chi connectivity index (χ2n) is 3.09. The van der Waals surface area contributed by atoms with Gasteiger partial charge in [-0.15, -0.1) is 0 Å². The third kappa shape index (κ3) is 1.37. The Hall–Kier alpha value is -1.19. The first-order chi connectivity index (χ1) is 5.86. The number of carbonyl (C=O) groups is 1. The molecule has 0 N–H and O–H groups in total. The SMILES string of the molecule is O=C1CN=NN1CC1=CCCC1. The van der Waals surface area contributed by atoms with Gasteiger partial charge in [0.25, 0.3) is 5.91 Å². The van der Waals surface area contributed by atoms with E-state index in [1.54, 1.807) is 0 Å². The number of hydrogen-bond donors (Lipinski definition) is 0. The zero-order valence-corrected chi connectivity index (χ0v) is 6.86. The van der Waals surface area contributed by atoms with Crippen LogP contribution >= 0.6 is 0 Å². The minimum Gasteiger partial charge on any atom is -0.271 e. The standard InChI is InChI=1S/C8H11N3O/c12-8-5-9-10-11(8)6-7-3-1-2-4-7/h3H,1-2,4-6H2. The first-order valence-corrected chi connectivity index (χ1v) is 4.22. The van der Waals surface area contributed by atoms with Gasteiger partial charge in [-0.3, -0.25) is 4.79 Å². The number of rotatable bonds is 2. The molecule has 0 saturated carbocycles. The topological polar surface area (TPSA) is 45.0 Å². The number of hydrogen-bond acceptors (Lipinski definition) is 3. The fraction of sp³-hybridized carbons (Fsp3) is 0.625. The van der Waals surface area contributed by atoms with Crippen molar-refractivity contribution >= 4 is 5.91 Å². The monoisotopic (exact) mass is 165 g/mol. The highest BCUT2D eigenvalue weighted by atomic mass is 16.2. The van der Waals surface area contributed by atoms with E-state index < -0.39 is 0 Å². The van der Waals surface area contributed by atoms with E-state index in [0.29, 0.717) is 6.54 Å². The number of nitrogens with zero attached hydrogens (tertiary/aromatic N) is 3. The lowest BCUT2D eigenvalue weighted by atomic mass is 10.2. The van der Waals surface area contributed by atoms with Crippen LogP contribution < -0.4 is 0 Å². The van der Waals surface area contributed by atoms with E-state index in [0.717, 1.165) is 12.8 Å². The van der Waals surface area contributed by atoms with Gasteiger partial charge in [-0.25, -0.2) is 5.01 Å². The molecule has 0 radical (unpaired) electrons. The fourth-order valence-electron chi connectivity index (χ4n) is 1.49. The van der Waals surface area contributed by atoms with Gasteiger partial charge in [0.15, 0.2) is 0 Å². The maximum absolute atomic E-state index is 11.1. The van der Waals surface area contributed by atoms with Crippen molar-refractivity contribution in [3.63, 3.8) is 0 Å². The number of allylic oxidation sites excluding steroid dienone is 1. The third-order valence-electron chi connectivity index (χ3n) is 2.15. The van der Waals surface area contributed by atoms with Crippen molar-refractivity contribution in [2.45, 2.75) is 19.3 Å². The van der Waals surface area contributed by atoms with Crippen LogP contribution in [0, 0.1) is 0 Å². The van der Waals surface area contributed by atoms with Gasteiger partial charge in [0.1, 0.15) is 6.54 Å². The Kier molecular flexibility index (Phi) is 1.89. The van der Waals surface area contributed by atoms with Crippen LogP contribution in [0.15, 0.2) is 22.0 Å². The largest absolute Gasteiger partial charge is 0.271 e. The van der Waals surface area contributed by atoms with Crippen LogP contribution in [0.25, 0.3) is 0 Å². The molecule has 1 aliphatic carbocycles. The smallest absolute Gasteiger partial charge is 0.267 e. The van der Waals surface area contributed by atoms with Crippen LogP contribution in [0.1, 0.15) is 19.3 Å². The van der Waals surface area contributed by atoms with Gasteiger partial charge in [-0.1, -0.05) is 16.9 Å². The summed E-state index contributed by atoms with van der Waals surface area (Å²) in [5, 5.41) is 8.87. The van der Waals surface area contributed by atoms with Crippen LogP contribution in [0.4, 0.5) is 0 Å². The Bertz CT molecular complexity index is 257. The predicted octanol–water partition coefficient (Wildman–Crippen LogP) is 1.31. The Labute approximate surface area is 70.9 Å². The first-order valence-electron chi connectivity index (χ1n) is 4.22. The summed E-state index contributed by atoms with van der Waals surface area (Å²) in [6, 6.07) is 0. The number of carbonyl (C=O) groups excluding carboxylic acids is 1. The highest BCUT2D eigenvalue weighted by molar-refractivity contribution is 5.79. The van der Waals surface area contributed by atoms with Crippen LogP contribution in [0.5, 0.6) is 0 Å². The van der Waals surface area contributed by atoms with Crippen LogP contribution in [-0.2, 0) is 4.79 Å². The maximum Gasteiger partial charge on any atom is 0.267 e. The second kappa shape index (κ2) is 3.05. The summed E-state index contributed by atoms with van der Waals surface area (Å²) in [5.41, 5.74) is 1.32. The summed E-state index contributed by atoms with van der Waals surface area (Å²) in [4.78, 5) is 11.1. The van der Waals surface area contributed by atoms with E-state index in [1.165, 1.54) is 17.0 Å². The van der Waals surface area contributed by atoms with Crippen molar-refractivity contribution in [3.8, 4) is 0 Å². The van der Waals surface area contributed by atoms with Gasteiger partial charge >= 0.3 is 0 Å². The van der Waals surface area contributed by atoms with Gasteiger partial charge in [0.2, 0.25) is 0 Å². The third-order valence-corrected chi connectivity index (χ3v) is 2.15. The molecule has 4 heteroatoms. The summed E-state index contributed by atoms with van der Waals surface area (Å²) in [6.07, 6.45) is 5.67. The molecule has 64 valence electrons. The van der Waals surface area contributed by atoms with E-state index in [1.807, 2.05) is 0 Å². The molecule has 0 aromatic carbocycles. The molecule has 0 spiro atoms. The normalized spacial score (nSPS) is 22.2. The molecule has 0 bridgehead atoms. The lowest BCUT2D eigenvalue weighted by Crippen LogP contribution is -2.24. The van der Waals surface area contributed by atoms with Crippen molar-refractivity contribution in [3.05, 3.63) is 11.6 Å². The maximum atomic E-state index is 11.1. The van der Waals surface area contributed by atoms with Crippen LogP contribution in [0.2, 0.25) is 0 Å². The van der Waals surface area contributed by atoms with Gasteiger partial charge in [-0.2, -0.15) is 5.11 Å². The molecule has 0 unspecified atom stereocenters. The van der Waals surface area contributed by atoms with Crippen molar-refractivity contribution in [2.75, 3.05) is 13.1 Å². The molecule has 12 heavy (non-hydrogen) atoms. The van der Waals surface area contributed by atoms with Gasteiger partial charge < -0.3 is 0 Å². The summed E-state index contributed by atoms with van der Waals surface area (Å²) < 4.78 is 0. The molecule has 1 amide bonds. The molecule has 0 atom stereocenters. The van der Waals surface area contributed by atoms with E-state index in [9.17, 15) is 4.79 Å².